The largest absolute Gasteiger partial charge is 0.370 e. The van der Waals surface area contributed by atoms with Crippen LogP contribution < -0.4 is 11.1 Å². The Labute approximate surface area is 101 Å². The molecule has 1 aromatic carbocycles. The van der Waals surface area contributed by atoms with E-state index >= 15 is 0 Å². The van der Waals surface area contributed by atoms with Gasteiger partial charge >= 0.3 is 0 Å². The fraction of sp³-hybridized carbons (Fsp3) is 0.154. The van der Waals surface area contributed by atoms with E-state index in [1.165, 1.54) is 0 Å². The average molecular weight is 228 g/mol. The molecular weight excluding hydrogens is 212 g/mol. The first-order valence-electron chi connectivity index (χ1n) is 5.47. The van der Waals surface area contributed by atoms with Crippen LogP contribution in [0.3, 0.4) is 0 Å². The molecule has 0 amide bonds. The van der Waals surface area contributed by atoms with Gasteiger partial charge < -0.3 is 15.6 Å². The first-order valence-corrected chi connectivity index (χ1v) is 5.47. The van der Waals surface area contributed by atoms with E-state index in [1.54, 1.807) is 0 Å². The minimum atomic E-state index is 0.431. The number of nitrogens with zero attached hydrogens (tertiary/aromatic N) is 2. The highest BCUT2D eigenvalue weighted by Gasteiger charge is 1.95. The highest BCUT2D eigenvalue weighted by molar-refractivity contribution is 5.92. The highest BCUT2D eigenvalue weighted by Crippen LogP contribution is 2.05. The fourth-order valence-electron chi connectivity index (χ4n) is 1.54. The summed E-state index contributed by atoms with van der Waals surface area (Å²) >= 11 is 0. The van der Waals surface area contributed by atoms with Gasteiger partial charge in [-0.3, -0.25) is 0 Å². The summed E-state index contributed by atoms with van der Waals surface area (Å²) in [5.74, 6) is 0.431. The Balaban J connectivity index is 1.94. The van der Waals surface area contributed by atoms with Crippen molar-refractivity contribution in [1.29, 1.82) is 0 Å². The quantitative estimate of drug-likeness (QED) is 0.623. The highest BCUT2D eigenvalue weighted by atomic mass is 15.1. The number of aryl methyl sites for hydroxylation is 1. The Morgan fingerprint density at radius 3 is 2.71 bits per heavy atom. The number of benzene rings is 1. The van der Waals surface area contributed by atoms with Crippen LogP contribution in [0.15, 0.2) is 53.8 Å². The molecular formula is C13H16N4. The van der Waals surface area contributed by atoms with E-state index in [9.17, 15) is 0 Å². The van der Waals surface area contributed by atoms with Crippen LogP contribution in [0.2, 0.25) is 0 Å². The lowest BCUT2D eigenvalue weighted by atomic mass is 10.3. The molecule has 2 aromatic rings. The number of hydrogen-bond acceptors (Lipinski definition) is 1. The number of nitrogens with one attached hydrogen (secondary N) is 1. The second kappa shape index (κ2) is 5.21. The van der Waals surface area contributed by atoms with E-state index in [0.717, 1.165) is 11.3 Å². The average Bonchev–Trinajstić information content (AvgIpc) is 2.74. The summed E-state index contributed by atoms with van der Waals surface area (Å²) in [5.41, 5.74) is 7.88. The molecule has 17 heavy (non-hydrogen) atoms. The van der Waals surface area contributed by atoms with Crippen LogP contribution in [-0.4, -0.2) is 10.5 Å². The van der Waals surface area contributed by atoms with E-state index < -0.39 is 0 Å². The number of anilines is 1. The Hall–Kier alpha value is -2.23. The summed E-state index contributed by atoms with van der Waals surface area (Å²) in [7, 11) is 1.98. The molecule has 0 unspecified atom stereocenters. The Morgan fingerprint density at radius 1 is 1.29 bits per heavy atom. The van der Waals surface area contributed by atoms with Crippen molar-refractivity contribution >= 4 is 11.6 Å². The van der Waals surface area contributed by atoms with Gasteiger partial charge in [0, 0.05) is 25.1 Å². The second-order valence-electron chi connectivity index (χ2n) is 3.88. The molecule has 1 aromatic heterocycles. The van der Waals surface area contributed by atoms with Crippen molar-refractivity contribution in [3.8, 4) is 0 Å². The third-order valence-corrected chi connectivity index (χ3v) is 2.37. The lowest BCUT2D eigenvalue weighted by molar-refractivity contribution is 0.916. The van der Waals surface area contributed by atoms with Gasteiger partial charge in [-0.25, -0.2) is 4.99 Å². The standard InChI is InChI=1S/C13H16N4/c1-17-8-7-11(10-17)9-15-13(14)16-12-5-3-2-4-6-12/h2-8,10H,9H2,1H3,(H3,14,15,16). The normalized spacial score (nSPS) is 11.5. The second-order valence-corrected chi connectivity index (χ2v) is 3.88. The molecule has 4 heteroatoms. The smallest absolute Gasteiger partial charge is 0.193 e. The molecule has 0 saturated heterocycles. The fourth-order valence-corrected chi connectivity index (χ4v) is 1.54. The molecule has 0 atom stereocenters. The summed E-state index contributed by atoms with van der Waals surface area (Å²) in [6.07, 6.45) is 4.02. The number of guanidine groups is 1. The molecule has 0 aliphatic rings. The molecule has 0 bridgehead atoms. The van der Waals surface area contributed by atoms with Gasteiger partial charge in [-0.05, 0) is 23.8 Å². The predicted octanol–water partition coefficient (Wildman–Crippen LogP) is 1.95. The number of hydrogen-bond donors (Lipinski definition) is 2. The van der Waals surface area contributed by atoms with Gasteiger partial charge in [0.1, 0.15) is 0 Å². The molecule has 0 saturated carbocycles. The molecule has 4 nitrogen and oxygen atoms in total. The SMILES string of the molecule is Cn1ccc(CN=C(N)Nc2ccccc2)c1. The van der Waals surface area contributed by atoms with E-state index in [-0.39, 0.29) is 0 Å². The topological polar surface area (TPSA) is 55.3 Å². The summed E-state index contributed by atoms with van der Waals surface area (Å²) in [6, 6.07) is 11.8. The van der Waals surface area contributed by atoms with Crippen LogP contribution in [0.25, 0.3) is 0 Å². The van der Waals surface area contributed by atoms with Crippen LogP contribution in [0.1, 0.15) is 5.56 Å². The van der Waals surface area contributed by atoms with Crippen LogP contribution >= 0.6 is 0 Å². The molecule has 1 heterocycles. The van der Waals surface area contributed by atoms with Crippen LogP contribution in [0, 0.1) is 0 Å². The first-order chi connectivity index (χ1) is 8.24. The van der Waals surface area contributed by atoms with Crippen molar-refractivity contribution in [3.63, 3.8) is 0 Å². The van der Waals surface area contributed by atoms with Crippen molar-refractivity contribution in [2.24, 2.45) is 17.8 Å². The first kappa shape index (κ1) is 11.3. The molecule has 2 rings (SSSR count). The Kier molecular flexibility index (Phi) is 3.45. The van der Waals surface area contributed by atoms with E-state index in [2.05, 4.69) is 10.3 Å². The summed E-state index contributed by atoms with van der Waals surface area (Å²) < 4.78 is 1.99. The van der Waals surface area contributed by atoms with Gasteiger partial charge in [0.2, 0.25) is 0 Å². The van der Waals surface area contributed by atoms with Crippen molar-refractivity contribution in [2.75, 3.05) is 5.32 Å². The minimum Gasteiger partial charge on any atom is -0.370 e. The maximum absolute atomic E-state index is 5.79. The van der Waals surface area contributed by atoms with Gasteiger partial charge in [0.25, 0.3) is 0 Å². The summed E-state index contributed by atoms with van der Waals surface area (Å²) in [4.78, 5) is 4.27. The number of nitrogens with two attached hydrogens (primary N) is 1. The van der Waals surface area contributed by atoms with Crippen molar-refractivity contribution < 1.29 is 0 Å². The molecule has 0 spiro atoms. The van der Waals surface area contributed by atoms with E-state index in [1.807, 2.05) is 60.4 Å². The van der Waals surface area contributed by atoms with Crippen molar-refractivity contribution in [1.82, 2.24) is 4.57 Å². The number of aromatic nitrogens is 1. The molecule has 0 aliphatic heterocycles. The van der Waals surface area contributed by atoms with E-state index in [4.69, 9.17) is 5.73 Å². The summed E-state index contributed by atoms with van der Waals surface area (Å²) in [5, 5.41) is 3.04. The summed E-state index contributed by atoms with van der Waals surface area (Å²) in [6.45, 7) is 0.590. The van der Waals surface area contributed by atoms with Gasteiger partial charge in [-0.2, -0.15) is 0 Å². The molecule has 0 radical (unpaired) electrons. The van der Waals surface area contributed by atoms with Crippen molar-refractivity contribution in [2.45, 2.75) is 6.54 Å². The predicted molar refractivity (Wildman–Crippen MR) is 70.8 cm³/mol. The van der Waals surface area contributed by atoms with Crippen LogP contribution in [0.4, 0.5) is 5.69 Å². The molecule has 3 N–H and O–H groups in total. The minimum absolute atomic E-state index is 0.431. The third-order valence-electron chi connectivity index (χ3n) is 2.37. The maximum atomic E-state index is 5.79. The maximum Gasteiger partial charge on any atom is 0.193 e. The van der Waals surface area contributed by atoms with Gasteiger partial charge in [-0.1, -0.05) is 18.2 Å². The van der Waals surface area contributed by atoms with Gasteiger partial charge in [-0.15, -0.1) is 0 Å². The Bertz CT molecular complexity index is 499. The van der Waals surface area contributed by atoms with Crippen LogP contribution in [0.5, 0.6) is 0 Å². The number of para-hydroxylation sites is 1. The van der Waals surface area contributed by atoms with E-state index in [0.29, 0.717) is 12.5 Å². The van der Waals surface area contributed by atoms with Gasteiger partial charge in [0.05, 0.1) is 6.54 Å². The molecule has 0 aliphatic carbocycles. The molecule has 0 fully saturated rings. The zero-order chi connectivity index (χ0) is 12.1. The lowest BCUT2D eigenvalue weighted by Gasteiger charge is -2.04. The molecule has 88 valence electrons. The third kappa shape index (κ3) is 3.38. The number of aliphatic imine (C=N–C) groups is 1. The lowest BCUT2D eigenvalue weighted by Crippen LogP contribution is -2.22. The number of rotatable bonds is 3. The zero-order valence-corrected chi connectivity index (χ0v) is 9.80. The Morgan fingerprint density at radius 2 is 2.06 bits per heavy atom. The van der Waals surface area contributed by atoms with Crippen LogP contribution in [-0.2, 0) is 13.6 Å². The monoisotopic (exact) mass is 228 g/mol. The zero-order valence-electron chi connectivity index (χ0n) is 9.80. The van der Waals surface area contributed by atoms with Gasteiger partial charge in [0.15, 0.2) is 5.96 Å². The van der Waals surface area contributed by atoms with Crippen molar-refractivity contribution in [3.05, 3.63) is 54.4 Å².